The van der Waals surface area contributed by atoms with Crippen LogP contribution in [0.1, 0.15) is 19.3 Å². The number of rotatable bonds is 3. The van der Waals surface area contributed by atoms with Gasteiger partial charge in [-0.1, -0.05) is 24.8 Å². The van der Waals surface area contributed by atoms with E-state index in [4.69, 9.17) is 4.74 Å². The summed E-state index contributed by atoms with van der Waals surface area (Å²) in [4.78, 5) is 11.7. The summed E-state index contributed by atoms with van der Waals surface area (Å²) in [6.07, 6.45) is 8.86. The summed E-state index contributed by atoms with van der Waals surface area (Å²) in [6, 6.07) is 0. The Bertz CT molecular complexity index is 267. The number of esters is 1. The molecule has 2 rings (SSSR count). The fourth-order valence-corrected chi connectivity index (χ4v) is 2.28. The van der Waals surface area contributed by atoms with E-state index in [1.54, 1.807) is 6.08 Å². The van der Waals surface area contributed by atoms with Crippen molar-refractivity contribution in [2.24, 2.45) is 11.3 Å². The molecule has 0 N–H and O–H groups in total. The third-order valence-electron chi connectivity index (χ3n) is 3.01. The van der Waals surface area contributed by atoms with Crippen molar-refractivity contribution in [3.63, 3.8) is 0 Å². The van der Waals surface area contributed by atoms with Crippen LogP contribution in [0.2, 0.25) is 0 Å². The molecule has 2 heteroatoms. The van der Waals surface area contributed by atoms with E-state index in [0.29, 0.717) is 12.5 Å². The summed E-state index contributed by atoms with van der Waals surface area (Å²) < 4.78 is 5.09. The summed E-state index contributed by atoms with van der Waals surface area (Å²) in [5.74, 6) is 0.555. The fourth-order valence-electron chi connectivity index (χ4n) is 2.28. The Kier molecular flexibility index (Phi) is 1.98. The van der Waals surface area contributed by atoms with Gasteiger partial charge in [0.2, 0.25) is 0 Å². The van der Waals surface area contributed by atoms with E-state index in [9.17, 15) is 4.79 Å². The second-order valence-electron chi connectivity index (χ2n) is 3.91. The summed E-state index contributed by atoms with van der Waals surface area (Å²) in [7, 11) is 0. The molecule has 70 valence electrons. The van der Waals surface area contributed by atoms with Crippen molar-refractivity contribution in [3.05, 3.63) is 24.8 Å². The second-order valence-corrected chi connectivity index (χ2v) is 3.91. The van der Waals surface area contributed by atoms with Gasteiger partial charge in [-0.3, -0.25) is 4.79 Å². The lowest BCUT2D eigenvalue weighted by Gasteiger charge is -2.20. The largest absolute Gasteiger partial charge is 0.461 e. The zero-order valence-corrected chi connectivity index (χ0v) is 7.66. The Morgan fingerprint density at radius 2 is 2.62 bits per heavy atom. The van der Waals surface area contributed by atoms with Crippen LogP contribution in [0.3, 0.4) is 0 Å². The molecule has 2 aliphatic carbocycles. The topological polar surface area (TPSA) is 26.3 Å². The van der Waals surface area contributed by atoms with E-state index < -0.39 is 0 Å². The highest BCUT2D eigenvalue weighted by Crippen LogP contribution is 2.49. The van der Waals surface area contributed by atoms with E-state index in [2.05, 4.69) is 12.7 Å². The van der Waals surface area contributed by atoms with Crippen molar-refractivity contribution < 1.29 is 9.53 Å². The van der Waals surface area contributed by atoms with Gasteiger partial charge in [0, 0.05) is 0 Å². The minimum Gasteiger partial charge on any atom is -0.461 e. The van der Waals surface area contributed by atoms with E-state index in [-0.39, 0.29) is 11.4 Å². The highest BCUT2D eigenvalue weighted by atomic mass is 16.5. The first-order valence-electron chi connectivity index (χ1n) is 4.74. The molecule has 2 nitrogen and oxygen atoms in total. The first kappa shape index (κ1) is 8.54. The van der Waals surface area contributed by atoms with Gasteiger partial charge in [-0.15, -0.1) is 0 Å². The maximum atomic E-state index is 11.7. The van der Waals surface area contributed by atoms with Crippen LogP contribution in [0.15, 0.2) is 24.8 Å². The van der Waals surface area contributed by atoms with Crippen LogP contribution < -0.4 is 0 Å². The van der Waals surface area contributed by atoms with Gasteiger partial charge in [0.15, 0.2) is 0 Å². The Balaban J connectivity index is 2.03. The normalized spacial score (nSPS) is 34.9. The third kappa shape index (κ3) is 1.30. The summed E-state index contributed by atoms with van der Waals surface area (Å²) in [6.45, 7) is 3.86. The molecule has 0 amide bonds. The quantitative estimate of drug-likeness (QED) is 0.488. The molecule has 0 aromatic heterocycles. The summed E-state index contributed by atoms with van der Waals surface area (Å²) in [5, 5.41) is 0. The molecule has 2 unspecified atom stereocenters. The highest BCUT2D eigenvalue weighted by Gasteiger charge is 2.47. The molecule has 0 radical (unpaired) electrons. The molecule has 2 bridgehead atoms. The van der Waals surface area contributed by atoms with Crippen LogP contribution in [-0.4, -0.2) is 12.6 Å². The Hall–Kier alpha value is -1.05. The Morgan fingerprint density at radius 3 is 3.08 bits per heavy atom. The lowest BCUT2D eigenvalue weighted by molar-refractivity contribution is -0.151. The van der Waals surface area contributed by atoms with Gasteiger partial charge in [-0.2, -0.15) is 0 Å². The number of ether oxygens (including phenoxy) is 1. The SMILES string of the molecule is C=CCOC(=O)C12C=CC(CC1)C2. The zero-order chi connectivity index (χ0) is 9.31. The van der Waals surface area contributed by atoms with Crippen molar-refractivity contribution in [2.75, 3.05) is 6.61 Å². The number of hydrogen-bond acceptors (Lipinski definition) is 2. The van der Waals surface area contributed by atoms with Crippen molar-refractivity contribution in [1.29, 1.82) is 0 Å². The van der Waals surface area contributed by atoms with Gasteiger partial charge < -0.3 is 4.74 Å². The predicted molar refractivity (Wildman–Crippen MR) is 50.1 cm³/mol. The Labute approximate surface area is 78.3 Å². The summed E-state index contributed by atoms with van der Waals surface area (Å²) in [5.41, 5.74) is -0.270. The van der Waals surface area contributed by atoms with E-state index in [1.807, 2.05) is 6.08 Å². The van der Waals surface area contributed by atoms with Gasteiger partial charge in [-0.25, -0.2) is 0 Å². The van der Waals surface area contributed by atoms with Crippen LogP contribution in [0.4, 0.5) is 0 Å². The molecule has 2 atom stereocenters. The van der Waals surface area contributed by atoms with Gasteiger partial charge in [0.25, 0.3) is 0 Å². The minimum absolute atomic E-state index is 0.0661. The van der Waals surface area contributed by atoms with Crippen LogP contribution in [-0.2, 0) is 9.53 Å². The average Bonchev–Trinajstić information content (AvgIpc) is 2.74. The van der Waals surface area contributed by atoms with Gasteiger partial charge >= 0.3 is 5.97 Å². The zero-order valence-electron chi connectivity index (χ0n) is 7.66. The molecule has 1 fully saturated rings. The number of hydrogen-bond donors (Lipinski definition) is 0. The fraction of sp³-hybridized carbons (Fsp3) is 0.545. The molecule has 2 aliphatic rings. The first-order chi connectivity index (χ1) is 6.27. The minimum atomic E-state index is -0.270. The second kappa shape index (κ2) is 3.02. The molecule has 1 saturated carbocycles. The van der Waals surface area contributed by atoms with Crippen molar-refractivity contribution in [3.8, 4) is 0 Å². The molecule has 0 aromatic rings. The summed E-state index contributed by atoms with van der Waals surface area (Å²) >= 11 is 0. The maximum Gasteiger partial charge on any atom is 0.316 e. The van der Waals surface area contributed by atoms with Crippen molar-refractivity contribution >= 4 is 5.97 Å². The average molecular weight is 178 g/mol. The Morgan fingerprint density at radius 1 is 1.77 bits per heavy atom. The smallest absolute Gasteiger partial charge is 0.316 e. The lowest BCUT2D eigenvalue weighted by Crippen LogP contribution is -2.27. The van der Waals surface area contributed by atoms with E-state index in [0.717, 1.165) is 19.3 Å². The molecule has 0 spiro atoms. The maximum absolute atomic E-state index is 11.7. The van der Waals surface area contributed by atoms with Gasteiger partial charge in [-0.05, 0) is 25.2 Å². The van der Waals surface area contributed by atoms with Crippen molar-refractivity contribution in [1.82, 2.24) is 0 Å². The monoisotopic (exact) mass is 178 g/mol. The molecule has 0 saturated heterocycles. The number of fused-ring (bicyclic) bond motifs is 2. The first-order valence-corrected chi connectivity index (χ1v) is 4.74. The predicted octanol–water partition coefficient (Wildman–Crippen LogP) is 2.07. The molecular weight excluding hydrogens is 164 g/mol. The van der Waals surface area contributed by atoms with Crippen LogP contribution in [0.25, 0.3) is 0 Å². The molecule has 0 aromatic carbocycles. The highest BCUT2D eigenvalue weighted by molar-refractivity contribution is 5.80. The number of carbonyl (C=O) groups excluding carboxylic acids is 1. The van der Waals surface area contributed by atoms with E-state index in [1.165, 1.54) is 0 Å². The van der Waals surface area contributed by atoms with E-state index >= 15 is 0 Å². The lowest BCUT2D eigenvalue weighted by atomic mass is 9.88. The van der Waals surface area contributed by atoms with Gasteiger partial charge in [0.1, 0.15) is 6.61 Å². The van der Waals surface area contributed by atoms with Crippen LogP contribution in [0, 0.1) is 11.3 Å². The van der Waals surface area contributed by atoms with Crippen LogP contribution in [0.5, 0.6) is 0 Å². The van der Waals surface area contributed by atoms with Crippen molar-refractivity contribution in [2.45, 2.75) is 19.3 Å². The molecule has 0 heterocycles. The van der Waals surface area contributed by atoms with Crippen LogP contribution >= 0.6 is 0 Å². The third-order valence-corrected chi connectivity index (χ3v) is 3.01. The molecular formula is C11H14O2. The number of allylic oxidation sites excluding steroid dienone is 1. The standard InChI is InChI=1S/C11H14O2/c1-2-7-13-10(12)11-5-3-9(8-11)4-6-11/h2-3,5,9H,1,4,6-8H2. The van der Waals surface area contributed by atoms with Gasteiger partial charge in [0.05, 0.1) is 5.41 Å². The number of carbonyl (C=O) groups is 1. The molecule has 13 heavy (non-hydrogen) atoms. The molecule has 0 aliphatic heterocycles.